The lowest BCUT2D eigenvalue weighted by Gasteiger charge is -2.35. The molecule has 0 bridgehead atoms. The molecule has 0 atom stereocenters. The zero-order valence-corrected chi connectivity index (χ0v) is 14.4. The van der Waals surface area contributed by atoms with Crippen molar-refractivity contribution in [3.05, 3.63) is 34.9 Å². The van der Waals surface area contributed by atoms with Gasteiger partial charge in [-0.1, -0.05) is 30.7 Å². The molecular weight excluding hydrogens is 290 g/mol. The van der Waals surface area contributed by atoms with E-state index in [4.69, 9.17) is 0 Å². The van der Waals surface area contributed by atoms with Crippen molar-refractivity contribution in [1.29, 1.82) is 0 Å². The summed E-state index contributed by atoms with van der Waals surface area (Å²) in [5.74, 6) is 0.146. The second-order valence-corrected chi connectivity index (χ2v) is 6.21. The molecule has 0 spiro atoms. The maximum Gasteiger partial charge on any atom is 0.317 e. The summed E-state index contributed by atoms with van der Waals surface area (Å²) in [5, 5.41) is 2.88. The Balaban J connectivity index is 1.86. The highest BCUT2D eigenvalue weighted by atomic mass is 16.2. The van der Waals surface area contributed by atoms with Crippen molar-refractivity contribution in [3.63, 3.8) is 0 Å². The summed E-state index contributed by atoms with van der Waals surface area (Å²) in [6, 6.07) is 6.19. The van der Waals surface area contributed by atoms with Gasteiger partial charge in [0.1, 0.15) is 0 Å². The number of nitrogens with zero attached hydrogens (tertiary/aromatic N) is 2. The third kappa shape index (κ3) is 4.71. The van der Waals surface area contributed by atoms with Gasteiger partial charge in [0.25, 0.3) is 0 Å². The number of hydrogen-bond donors (Lipinski definition) is 1. The molecule has 0 unspecified atom stereocenters. The van der Waals surface area contributed by atoms with Crippen LogP contribution in [0.2, 0.25) is 0 Å². The van der Waals surface area contributed by atoms with Gasteiger partial charge in [-0.2, -0.15) is 0 Å². The van der Waals surface area contributed by atoms with Gasteiger partial charge in [-0.05, 0) is 31.4 Å². The molecule has 126 valence electrons. The molecule has 1 saturated heterocycles. The highest BCUT2D eigenvalue weighted by Crippen LogP contribution is 2.13. The van der Waals surface area contributed by atoms with E-state index in [2.05, 4.69) is 23.5 Å². The molecule has 0 radical (unpaired) electrons. The van der Waals surface area contributed by atoms with Gasteiger partial charge in [-0.3, -0.25) is 4.79 Å². The molecule has 0 aromatic heterocycles. The lowest BCUT2D eigenvalue weighted by atomic mass is 10.0. The molecule has 1 aromatic carbocycles. The van der Waals surface area contributed by atoms with E-state index in [-0.39, 0.29) is 11.9 Å². The van der Waals surface area contributed by atoms with Crippen molar-refractivity contribution in [2.45, 2.75) is 33.6 Å². The number of rotatable bonds is 4. The monoisotopic (exact) mass is 317 g/mol. The topological polar surface area (TPSA) is 52.7 Å². The van der Waals surface area contributed by atoms with Crippen molar-refractivity contribution in [2.75, 3.05) is 32.7 Å². The number of hydrogen-bond acceptors (Lipinski definition) is 2. The maximum atomic E-state index is 12.5. The summed E-state index contributed by atoms with van der Waals surface area (Å²) < 4.78 is 0. The summed E-state index contributed by atoms with van der Waals surface area (Å²) in [6.07, 6.45) is 1.37. The van der Waals surface area contributed by atoms with E-state index in [1.54, 1.807) is 4.90 Å². The van der Waals surface area contributed by atoms with Gasteiger partial charge in [0, 0.05) is 32.7 Å². The Hall–Kier alpha value is -2.04. The number of aryl methyl sites for hydroxylation is 2. The SMILES string of the molecule is CCCNC(=O)N1CCN(C(=O)Cc2cc(C)ccc2C)CC1. The molecule has 2 rings (SSSR count). The average Bonchev–Trinajstić information content (AvgIpc) is 2.56. The molecule has 23 heavy (non-hydrogen) atoms. The smallest absolute Gasteiger partial charge is 0.317 e. The van der Waals surface area contributed by atoms with Crippen LogP contribution in [0.4, 0.5) is 4.79 Å². The second kappa shape index (κ2) is 7.99. The molecule has 0 saturated carbocycles. The largest absolute Gasteiger partial charge is 0.339 e. The lowest BCUT2D eigenvalue weighted by molar-refractivity contribution is -0.131. The summed E-state index contributed by atoms with van der Waals surface area (Å²) in [7, 11) is 0. The highest BCUT2D eigenvalue weighted by molar-refractivity contribution is 5.80. The van der Waals surface area contributed by atoms with Gasteiger partial charge in [0.15, 0.2) is 0 Å². The quantitative estimate of drug-likeness (QED) is 0.925. The zero-order valence-electron chi connectivity index (χ0n) is 14.4. The Kier molecular flexibility index (Phi) is 6.02. The number of piperazine rings is 1. The van der Waals surface area contributed by atoms with Crippen LogP contribution in [-0.4, -0.2) is 54.5 Å². The van der Waals surface area contributed by atoms with Gasteiger partial charge in [-0.15, -0.1) is 0 Å². The van der Waals surface area contributed by atoms with E-state index in [9.17, 15) is 9.59 Å². The first-order chi connectivity index (χ1) is 11.0. The molecule has 1 aromatic rings. The normalized spacial score (nSPS) is 14.7. The Labute approximate surface area is 138 Å². The van der Waals surface area contributed by atoms with Gasteiger partial charge in [0.05, 0.1) is 6.42 Å². The van der Waals surface area contributed by atoms with Crippen LogP contribution in [0.1, 0.15) is 30.0 Å². The van der Waals surface area contributed by atoms with E-state index >= 15 is 0 Å². The van der Waals surface area contributed by atoms with Crippen molar-refractivity contribution in [2.24, 2.45) is 0 Å². The molecule has 1 N–H and O–H groups in total. The predicted octanol–water partition coefficient (Wildman–Crippen LogP) is 2.11. The van der Waals surface area contributed by atoms with E-state index in [0.29, 0.717) is 39.1 Å². The second-order valence-electron chi connectivity index (χ2n) is 6.21. The number of carbonyl (C=O) groups excluding carboxylic acids is 2. The minimum atomic E-state index is -0.0199. The first-order valence-electron chi connectivity index (χ1n) is 8.38. The van der Waals surface area contributed by atoms with Gasteiger partial charge in [0.2, 0.25) is 5.91 Å². The third-order valence-corrected chi connectivity index (χ3v) is 4.29. The molecule has 0 aliphatic carbocycles. The van der Waals surface area contributed by atoms with Crippen molar-refractivity contribution in [1.82, 2.24) is 15.1 Å². The Morgan fingerprint density at radius 1 is 1.09 bits per heavy atom. The highest BCUT2D eigenvalue weighted by Gasteiger charge is 2.24. The van der Waals surface area contributed by atoms with Crippen LogP contribution in [0, 0.1) is 13.8 Å². The summed E-state index contributed by atoms with van der Waals surface area (Å²) in [5.41, 5.74) is 3.43. The minimum absolute atomic E-state index is 0.0199. The molecular formula is C18H27N3O2. The van der Waals surface area contributed by atoms with E-state index in [1.807, 2.05) is 25.7 Å². The Morgan fingerprint density at radius 2 is 1.74 bits per heavy atom. The summed E-state index contributed by atoms with van der Waals surface area (Å²) >= 11 is 0. The molecule has 1 aliphatic heterocycles. The lowest BCUT2D eigenvalue weighted by Crippen LogP contribution is -2.53. The minimum Gasteiger partial charge on any atom is -0.339 e. The summed E-state index contributed by atoms with van der Waals surface area (Å²) in [4.78, 5) is 28.1. The third-order valence-electron chi connectivity index (χ3n) is 4.29. The number of urea groups is 1. The number of nitrogens with one attached hydrogen (secondary N) is 1. The van der Waals surface area contributed by atoms with Gasteiger partial charge >= 0.3 is 6.03 Å². The van der Waals surface area contributed by atoms with Crippen LogP contribution < -0.4 is 5.32 Å². The number of amides is 3. The zero-order chi connectivity index (χ0) is 16.8. The fourth-order valence-electron chi connectivity index (χ4n) is 2.77. The van der Waals surface area contributed by atoms with Gasteiger partial charge < -0.3 is 15.1 Å². The fraction of sp³-hybridized carbons (Fsp3) is 0.556. The molecule has 3 amide bonds. The van der Waals surface area contributed by atoms with Crippen LogP contribution in [0.3, 0.4) is 0 Å². The van der Waals surface area contributed by atoms with Gasteiger partial charge in [-0.25, -0.2) is 4.79 Å². The van der Waals surface area contributed by atoms with E-state index in [0.717, 1.165) is 17.5 Å². The number of benzene rings is 1. The van der Waals surface area contributed by atoms with Crippen molar-refractivity contribution >= 4 is 11.9 Å². The first kappa shape index (κ1) is 17.3. The molecule has 1 aliphatic rings. The molecule has 1 fully saturated rings. The van der Waals surface area contributed by atoms with Crippen LogP contribution in [-0.2, 0) is 11.2 Å². The first-order valence-corrected chi connectivity index (χ1v) is 8.38. The average molecular weight is 317 g/mol. The Morgan fingerprint density at radius 3 is 2.39 bits per heavy atom. The Bertz CT molecular complexity index is 563. The van der Waals surface area contributed by atoms with Crippen LogP contribution >= 0.6 is 0 Å². The summed E-state index contributed by atoms with van der Waals surface area (Å²) in [6.45, 7) is 9.25. The molecule has 1 heterocycles. The van der Waals surface area contributed by atoms with Crippen molar-refractivity contribution < 1.29 is 9.59 Å². The molecule has 5 heteroatoms. The molecule has 5 nitrogen and oxygen atoms in total. The van der Waals surface area contributed by atoms with Crippen LogP contribution in [0.15, 0.2) is 18.2 Å². The van der Waals surface area contributed by atoms with E-state index < -0.39 is 0 Å². The van der Waals surface area contributed by atoms with Crippen LogP contribution in [0.5, 0.6) is 0 Å². The number of carbonyl (C=O) groups is 2. The maximum absolute atomic E-state index is 12.5. The van der Waals surface area contributed by atoms with Crippen LogP contribution in [0.25, 0.3) is 0 Å². The van der Waals surface area contributed by atoms with E-state index in [1.165, 1.54) is 5.56 Å². The van der Waals surface area contributed by atoms with Crippen molar-refractivity contribution in [3.8, 4) is 0 Å². The predicted molar refractivity (Wildman–Crippen MR) is 91.5 cm³/mol. The standard InChI is InChI=1S/C18H27N3O2/c1-4-7-19-18(23)21-10-8-20(9-11-21)17(22)13-16-12-14(2)5-6-15(16)3/h5-6,12H,4,7-11,13H2,1-3H3,(H,19,23). The fourth-order valence-corrected chi connectivity index (χ4v) is 2.77.